The van der Waals surface area contributed by atoms with Crippen molar-refractivity contribution in [2.45, 2.75) is 0 Å². The lowest BCUT2D eigenvalue weighted by molar-refractivity contribution is 0.102. The van der Waals surface area contributed by atoms with Gasteiger partial charge in [-0.15, -0.1) is 0 Å². The smallest absolute Gasteiger partial charge is 0.255 e. The van der Waals surface area contributed by atoms with Crippen LogP contribution in [0.2, 0.25) is 0 Å². The van der Waals surface area contributed by atoms with E-state index in [1.807, 2.05) is 41.9 Å². The van der Waals surface area contributed by atoms with Gasteiger partial charge in [0.25, 0.3) is 5.91 Å². The zero-order chi connectivity index (χ0) is 18.1. The van der Waals surface area contributed by atoms with E-state index in [0.29, 0.717) is 22.8 Å². The number of amides is 1. The molecule has 2 aromatic heterocycles. The van der Waals surface area contributed by atoms with Crippen molar-refractivity contribution in [3.63, 3.8) is 0 Å². The van der Waals surface area contributed by atoms with Crippen LogP contribution in [0.15, 0.2) is 66.9 Å². The Labute approximate surface area is 149 Å². The number of nitrogens with zero attached hydrogens (tertiary/aromatic N) is 3. The van der Waals surface area contributed by atoms with Crippen LogP contribution in [0, 0.1) is 5.82 Å². The Hall–Kier alpha value is -3.54. The molecule has 1 amide bonds. The SMILES string of the molecule is Cn1c(-c2ccc(F)cn2)nc2ccc(NC(=O)c3ccccc3)cc21. The molecule has 0 aliphatic heterocycles. The Kier molecular flexibility index (Phi) is 3.93. The monoisotopic (exact) mass is 346 g/mol. The third-order valence-electron chi connectivity index (χ3n) is 4.13. The summed E-state index contributed by atoms with van der Waals surface area (Å²) in [6.45, 7) is 0. The van der Waals surface area contributed by atoms with Gasteiger partial charge in [0.05, 0.1) is 17.2 Å². The van der Waals surface area contributed by atoms with E-state index in [0.717, 1.165) is 11.0 Å². The minimum Gasteiger partial charge on any atom is -0.326 e. The Morgan fingerprint density at radius 1 is 1.08 bits per heavy atom. The molecule has 0 bridgehead atoms. The number of carbonyl (C=O) groups is 1. The number of halogens is 1. The van der Waals surface area contributed by atoms with Crippen LogP contribution in [-0.4, -0.2) is 20.4 Å². The Morgan fingerprint density at radius 2 is 1.88 bits per heavy atom. The minimum atomic E-state index is -0.390. The van der Waals surface area contributed by atoms with Gasteiger partial charge in [-0.2, -0.15) is 0 Å². The Bertz CT molecular complexity index is 1090. The van der Waals surface area contributed by atoms with E-state index in [9.17, 15) is 9.18 Å². The summed E-state index contributed by atoms with van der Waals surface area (Å²) in [6.07, 6.45) is 1.17. The van der Waals surface area contributed by atoms with Crippen LogP contribution in [0.3, 0.4) is 0 Å². The summed E-state index contributed by atoms with van der Waals surface area (Å²) in [6, 6.07) is 17.5. The highest BCUT2D eigenvalue weighted by atomic mass is 19.1. The van der Waals surface area contributed by atoms with Crippen molar-refractivity contribution in [3.8, 4) is 11.5 Å². The number of carbonyl (C=O) groups excluding carboxylic acids is 1. The molecule has 2 heterocycles. The van der Waals surface area contributed by atoms with Crippen LogP contribution in [-0.2, 0) is 7.05 Å². The number of aromatic nitrogens is 3. The molecule has 0 spiro atoms. The van der Waals surface area contributed by atoms with Crippen LogP contribution in [0.25, 0.3) is 22.6 Å². The lowest BCUT2D eigenvalue weighted by Crippen LogP contribution is -2.11. The molecule has 2 aromatic carbocycles. The number of hydrogen-bond donors (Lipinski definition) is 1. The predicted octanol–water partition coefficient (Wildman–Crippen LogP) is 4.03. The van der Waals surface area contributed by atoms with E-state index >= 15 is 0 Å². The van der Waals surface area contributed by atoms with Gasteiger partial charge in [-0.05, 0) is 42.5 Å². The maximum absolute atomic E-state index is 13.1. The molecular formula is C20H15FN4O. The Morgan fingerprint density at radius 3 is 2.62 bits per heavy atom. The lowest BCUT2D eigenvalue weighted by atomic mass is 10.2. The number of nitrogens with one attached hydrogen (secondary N) is 1. The van der Waals surface area contributed by atoms with Gasteiger partial charge in [-0.1, -0.05) is 18.2 Å². The van der Waals surface area contributed by atoms with E-state index in [1.165, 1.54) is 12.3 Å². The molecule has 0 saturated carbocycles. The van der Waals surface area contributed by atoms with Gasteiger partial charge in [0.15, 0.2) is 5.82 Å². The largest absolute Gasteiger partial charge is 0.326 e. The molecular weight excluding hydrogens is 331 g/mol. The molecule has 6 heteroatoms. The van der Waals surface area contributed by atoms with Gasteiger partial charge in [0, 0.05) is 18.3 Å². The number of aryl methyl sites for hydroxylation is 1. The van der Waals surface area contributed by atoms with Crippen molar-refractivity contribution in [1.82, 2.24) is 14.5 Å². The van der Waals surface area contributed by atoms with E-state index < -0.39 is 5.82 Å². The van der Waals surface area contributed by atoms with Crippen molar-refractivity contribution < 1.29 is 9.18 Å². The van der Waals surface area contributed by atoms with Crippen LogP contribution in [0.4, 0.5) is 10.1 Å². The second-order valence-corrected chi connectivity index (χ2v) is 5.88. The van der Waals surface area contributed by atoms with E-state index in [1.54, 1.807) is 24.3 Å². The van der Waals surface area contributed by atoms with E-state index in [2.05, 4.69) is 15.3 Å². The molecule has 0 fully saturated rings. The van der Waals surface area contributed by atoms with Gasteiger partial charge in [0.1, 0.15) is 11.5 Å². The predicted molar refractivity (Wildman–Crippen MR) is 98.3 cm³/mol. The van der Waals surface area contributed by atoms with Crippen LogP contribution >= 0.6 is 0 Å². The molecule has 128 valence electrons. The van der Waals surface area contributed by atoms with E-state index in [4.69, 9.17) is 0 Å². The molecule has 0 radical (unpaired) electrons. The summed E-state index contributed by atoms with van der Waals surface area (Å²) in [7, 11) is 1.86. The maximum atomic E-state index is 13.1. The van der Waals surface area contributed by atoms with Crippen molar-refractivity contribution in [1.29, 1.82) is 0 Å². The molecule has 1 N–H and O–H groups in total. The molecule has 0 atom stereocenters. The molecule has 4 rings (SSSR count). The topological polar surface area (TPSA) is 59.8 Å². The highest BCUT2D eigenvalue weighted by Gasteiger charge is 2.13. The summed E-state index contributed by atoms with van der Waals surface area (Å²) >= 11 is 0. The number of pyridine rings is 1. The summed E-state index contributed by atoms with van der Waals surface area (Å²) in [4.78, 5) is 21.0. The maximum Gasteiger partial charge on any atom is 0.255 e. The average molecular weight is 346 g/mol. The fourth-order valence-electron chi connectivity index (χ4n) is 2.80. The van der Waals surface area contributed by atoms with Gasteiger partial charge >= 0.3 is 0 Å². The molecule has 5 nitrogen and oxygen atoms in total. The third-order valence-corrected chi connectivity index (χ3v) is 4.13. The zero-order valence-electron chi connectivity index (χ0n) is 14.0. The quantitative estimate of drug-likeness (QED) is 0.609. The van der Waals surface area contributed by atoms with Crippen molar-refractivity contribution in [3.05, 3.63) is 78.2 Å². The fraction of sp³-hybridized carbons (Fsp3) is 0.0500. The first-order valence-corrected chi connectivity index (χ1v) is 8.06. The summed E-state index contributed by atoms with van der Waals surface area (Å²) in [5.41, 5.74) is 3.46. The first kappa shape index (κ1) is 16.0. The highest BCUT2D eigenvalue weighted by molar-refractivity contribution is 6.05. The van der Waals surface area contributed by atoms with Crippen molar-refractivity contribution in [2.24, 2.45) is 7.05 Å². The minimum absolute atomic E-state index is 0.174. The van der Waals surface area contributed by atoms with Gasteiger partial charge in [-0.3, -0.25) is 4.79 Å². The highest BCUT2D eigenvalue weighted by Crippen LogP contribution is 2.25. The fourth-order valence-corrected chi connectivity index (χ4v) is 2.80. The normalized spacial score (nSPS) is 10.8. The summed E-state index contributed by atoms with van der Waals surface area (Å²) < 4.78 is 15.0. The molecule has 26 heavy (non-hydrogen) atoms. The first-order valence-electron chi connectivity index (χ1n) is 8.06. The second-order valence-electron chi connectivity index (χ2n) is 5.88. The molecule has 0 aliphatic rings. The standard InChI is InChI=1S/C20H15FN4O/c1-25-18-11-15(23-20(26)13-5-3-2-4-6-13)8-10-16(18)24-19(25)17-9-7-14(21)12-22-17/h2-12H,1H3,(H,23,26). The van der Waals surface area contributed by atoms with Crippen LogP contribution in [0.5, 0.6) is 0 Å². The van der Waals surface area contributed by atoms with Gasteiger partial charge in [-0.25, -0.2) is 14.4 Å². The number of rotatable bonds is 3. The van der Waals surface area contributed by atoms with Gasteiger partial charge < -0.3 is 9.88 Å². The third kappa shape index (κ3) is 2.93. The van der Waals surface area contributed by atoms with Crippen molar-refractivity contribution in [2.75, 3.05) is 5.32 Å². The van der Waals surface area contributed by atoms with Crippen LogP contribution in [0.1, 0.15) is 10.4 Å². The second kappa shape index (κ2) is 6.40. The number of anilines is 1. The first-order chi connectivity index (χ1) is 12.6. The molecule has 0 unspecified atom stereocenters. The lowest BCUT2D eigenvalue weighted by Gasteiger charge is -2.06. The summed E-state index contributed by atoms with van der Waals surface area (Å²) in [5, 5.41) is 2.89. The van der Waals surface area contributed by atoms with Gasteiger partial charge in [0.2, 0.25) is 0 Å². The number of hydrogen-bond acceptors (Lipinski definition) is 3. The number of fused-ring (bicyclic) bond motifs is 1. The molecule has 0 saturated heterocycles. The average Bonchev–Trinajstić information content (AvgIpc) is 2.99. The summed E-state index contributed by atoms with van der Waals surface area (Å²) in [5.74, 6) is 0.0671. The number of benzene rings is 2. The molecule has 0 aliphatic carbocycles. The van der Waals surface area contributed by atoms with Crippen LogP contribution < -0.4 is 5.32 Å². The zero-order valence-corrected chi connectivity index (χ0v) is 14.0. The van der Waals surface area contributed by atoms with E-state index in [-0.39, 0.29) is 5.91 Å². The molecule has 4 aromatic rings. The van der Waals surface area contributed by atoms with Crippen molar-refractivity contribution >= 4 is 22.6 Å². The Balaban J connectivity index is 1.68. The number of imidazole rings is 1.